The Morgan fingerprint density at radius 3 is 2.42 bits per heavy atom. The van der Waals surface area contributed by atoms with Gasteiger partial charge in [0.1, 0.15) is 6.61 Å². The molecule has 0 spiro atoms. The maximum absolute atomic E-state index is 12.6. The first-order chi connectivity index (χ1) is 15.1. The number of hydrogen-bond donors (Lipinski definition) is 2. The van der Waals surface area contributed by atoms with E-state index in [9.17, 15) is 4.79 Å². The average molecular weight is 418 g/mol. The van der Waals surface area contributed by atoms with Crippen LogP contribution in [-0.2, 0) is 11.3 Å². The van der Waals surface area contributed by atoms with Crippen LogP contribution in [0.4, 0.5) is 4.79 Å². The quantitative estimate of drug-likeness (QED) is 0.499. The summed E-state index contributed by atoms with van der Waals surface area (Å²) in [4.78, 5) is 12.6. The molecule has 1 unspecified atom stereocenters. The number of ether oxygens (including phenoxy) is 1. The lowest BCUT2D eigenvalue weighted by atomic mass is 9.81. The molecule has 162 valence electrons. The summed E-state index contributed by atoms with van der Waals surface area (Å²) in [5.74, 6) is 0.432. The zero-order valence-electron chi connectivity index (χ0n) is 18.4. The lowest BCUT2D eigenvalue weighted by Crippen LogP contribution is -2.34. The van der Waals surface area contributed by atoms with Crippen molar-refractivity contribution in [1.82, 2.24) is 15.5 Å². The van der Waals surface area contributed by atoms with E-state index in [4.69, 9.17) is 4.74 Å². The summed E-state index contributed by atoms with van der Waals surface area (Å²) in [5.41, 5.74) is 6.47. The number of rotatable bonds is 6. The number of carbonyl (C=O) groups excluding carboxylic acids is 1. The van der Waals surface area contributed by atoms with Crippen molar-refractivity contribution in [2.24, 2.45) is 5.92 Å². The summed E-state index contributed by atoms with van der Waals surface area (Å²) in [6.07, 6.45) is 5.61. The molecule has 1 saturated carbocycles. The zero-order chi connectivity index (χ0) is 21.6. The largest absolute Gasteiger partial charge is 0.445 e. The molecule has 1 atom stereocenters. The average Bonchev–Trinajstić information content (AvgIpc) is 3.15. The van der Waals surface area contributed by atoms with E-state index >= 15 is 0 Å². The van der Waals surface area contributed by atoms with E-state index in [1.807, 2.05) is 44.2 Å². The van der Waals surface area contributed by atoms with Crippen molar-refractivity contribution in [2.45, 2.75) is 58.6 Å². The van der Waals surface area contributed by atoms with Crippen molar-refractivity contribution in [3.05, 3.63) is 77.1 Å². The maximum Gasteiger partial charge on any atom is 0.407 e. The first-order valence-corrected chi connectivity index (χ1v) is 11.2. The van der Waals surface area contributed by atoms with Crippen LogP contribution in [0.1, 0.15) is 60.7 Å². The molecule has 31 heavy (non-hydrogen) atoms. The Morgan fingerprint density at radius 1 is 1.06 bits per heavy atom. The Bertz CT molecular complexity index is 970. The maximum atomic E-state index is 12.6. The molecule has 1 heterocycles. The van der Waals surface area contributed by atoms with Crippen molar-refractivity contribution in [3.8, 4) is 11.1 Å². The highest BCUT2D eigenvalue weighted by atomic mass is 16.5. The number of hydrogen-bond acceptors (Lipinski definition) is 3. The minimum Gasteiger partial charge on any atom is -0.445 e. The molecule has 0 radical (unpaired) electrons. The van der Waals surface area contributed by atoms with Gasteiger partial charge in [0.15, 0.2) is 0 Å². The van der Waals surface area contributed by atoms with E-state index < -0.39 is 0 Å². The van der Waals surface area contributed by atoms with Crippen LogP contribution in [0.25, 0.3) is 11.1 Å². The van der Waals surface area contributed by atoms with Crippen LogP contribution >= 0.6 is 0 Å². The van der Waals surface area contributed by atoms with Gasteiger partial charge in [-0.3, -0.25) is 5.10 Å². The molecule has 1 aliphatic carbocycles. The number of benzene rings is 2. The van der Waals surface area contributed by atoms with Crippen LogP contribution in [0.5, 0.6) is 0 Å². The van der Waals surface area contributed by atoms with Crippen LogP contribution in [0.3, 0.4) is 0 Å². The molecular weight excluding hydrogens is 386 g/mol. The molecule has 5 nitrogen and oxygen atoms in total. The van der Waals surface area contributed by atoms with Crippen LogP contribution in [0.15, 0.2) is 54.6 Å². The summed E-state index contributed by atoms with van der Waals surface area (Å²) < 4.78 is 5.52. The van der Waals surface area contributed by atoms with E-state index in [-0.39, 0.29) is 18.7 Å². The smallest absolute Gasteiger partial charge is 0.407 e. The zero-order valence-corrected chi connectivity index (χ0v) is 18.4. The van der Waals surface area contributed by atoms with Gasteiger partial charge in [0, 0.05) is 11.3 Å². The number of aromatic nitrogens is 2. The lowest BCUT2D eigenvalue weighted by molar-refractivity contribution is 0.128. The summed E-state index contributed by atoms with van der Waals surface area (Å²) >= 11 is 0. The molecule has 2 aromatic carbocycles. The third-order valence-corrected chi connectivity index (χ3v) is 6.29. The van der Waals surface area contributed by atoms with E-state index in [1.165, 1.54) is 19.3 Å². The van der Waals surface area contributed by atoms with Gasteiger partial charge in [0.05, 0.1) is 11.7 Å². The Kier molecular flexibility index (Phi) is 6.70. The summed E-state index contributed by atoms with van der Waals surface area (Å²) in [7, 11) is 0. The van der Waals surface area contributed by atoms with Crippen LogP contribution < -0.4 is 5.32 Å². The first kappa shape index (κ1) is 21.2. The summed E-state index contributed by atoms with van der Waals surface area (Å²) in [6, 6.07) is 18.3. The molecule has 0 aliphatic heterocycles. The van der Waals surface area contributed by atoms with Crippen LogP contribution in [-0.4, -0.2) is 16.3 Å². The summed E-state index contributed by atoms with van der Waals surface area (Å²) in [6.45, 7) is 4.34. The molecule has 1 fully saturated rings. The highest BCUT2D eigenvalue weighted by Gasteiger charge is 2.27. The Balaban J connectivity index is 1.50. The number of nitrogens with zero attached hydrogens (tertiary/aromatic N) is 1. The van der Waals surface area contributed by atoms with Gasteiger partial charge in [-0.25, -0.2) is 4.79 Å². The summed E-state index contributed by atoms with van der Waals surface area (Å²) in [5, 5.41) is 10.5. The fourth-order valence-electron chi connectivity index (χ4n) is 4.67. The number of aromatic amines is 1. The standard InChI is InChI=1S/C26H31N3O2/c1-18-24(19(2)29-28-18)21-13-15-23(16-14-21)25(22-11-7-4-8-12-22)27-26(30)31-17-20-9-5-3-6-10-20/h3,5-6,9-10,13-16,22,25H,4,7-8,11-12,17H2,1-2H3,(H,27,30)(H,28,29). The normalized spacial score (nSPS) is 15.4. The second-order valence-electron chi connectivity index (χ2n) is 8.51. The SMILES string of the molecule is Cc1n[nH]c(C)c1-c1ccc(C(NC(=O)OCc2ccccc2)C2CCCCC2)cc1. The molecule has 3 aromatic rings. The van der Waals surface area contributed by atoms with Crippen LogP contribution in [0, 0.1) is 19.8 Å². The highest BCUT2D eigenvalue weighted by molar-refractivity contribution is 5.70. The van der Waals surface area contributed by atoms with Gasteiger partial charge < -0.3 is 10.1 Å². The number of aryl methyl sites for hydroxylation is 2. The van der Waals surface area contributed by atoms with Crippen molar-refractivity contribution in [3.63, 3.8) is 0 Å². The lowest BCUT2D eigenvalue weighted by Gasteiger charge is -2.31. The Labute approximate surface area is 184 Å². The number of H-pyrrole nitrogens is 1. The Hall–Kier alpha value is -3.08. The third kappa shape index (κ3) is 5.16. The molecule has 4 rings (SSSR count). The molecule has 0 saturated heterocycles. The van der Waals surface area contributed by atoms with Gasteiger partial charge >= 0.3 is 6.09 Å². The molecule has 0 bridgehead atoms. The fraction of sp³-hybridized carbons (Fsp3) is 0.385. The molecule has 2 N–H and O–H groups in total. The number of carbonyl (C=O) groups is 1. The van der Waals surface area contributed by atoms with Gasteiger partial charge in [0.2, 0.25) is 0 Å². The van der Waals surface area contributed by atoms with Gasteiger partial charge in [-0.05, 0) is 49.3 Å². The molecule has 1 aliphatic rings. The van der Waals surface area contributed by atoms with E-state index in [2.05, 4.69) is 39.8 Å². The first-order valence-electron chi connectivity index (χ1n) is 11.2. The van der Waals surface area contributed by atoms with Crippen molar-refractivity contribution >= 4 is 6.09 Å². The van der Waals surface area contributed by atoms with E-state index in [0.717, 1.165) is 46.5 Å². The van der Waals surface area contributed by atoms with Crippen molar-refractivity contribution in [2.75, 3.05) is 0 Å². The predicted octanol–water partition coefficient (Wildman–Crippen LogP) is 6.24. The Morgan fingerprint density at radius 2 is 1.77 bits per heavy atom. The predicted molar refractivity (Wildman–Crippen MR) is 123 cm³/mol. The monoisotopic (exact) mass is 417 g/mol. The fourth-order valence-corrected chi connectivity index (χ4v) is 4.67. The van der Waals surface area contributed by atoms with E-state index in [1.54, 1.807) is 0 Å². The molecule has 5 heteroatoms. The topological polar surface area (TPSA) is 67.0 Å². The van der Waals surface area contributed by atoms with E-state index in [0.29, 0.717) is 5.92 Å². The van der Waals surface area contributed by atoms with Gasteiger partial charge in [-0.15, -0.1) is 0 Å². The second-order valence-corrected chi connectivity index (χ2v) is 8.51. The highest BCUT2D eigenvalue weighted by Crippen LogP contribution is 2.35. The van der Waals surface area contributed by atoms with Crippen molar-refractivity contribution in [1.29, 1.82) is 0 Å². The number of alkyl carbamates (subject to hydrolysis) is 1. The van der Waals surface area contributed by atoms with Gasteiger partial charge in [-0.1, -0.05) is 73.9 Å². The molecule has 1 aromatic heterocycles. The second kappa shape index (κ2) is 9.82. The molecular formula is C26H31N3O2. The van der Waals surface area contributed by atoms with Gasteiger partial charge in [0.25, 0.3) is 0 Å². The number of nitrogens with one attached hydrogen (secondary N) is 2. The minimum atomic E-state index is -0.356. The van der Waals surface area contributed by atoms with Crippen molar-refractivity contribution < 1.29 is 9.53 Å². The minimum absolute atomic E-state index is 0.0378. The number of amides is 1. The molecule has 1 amide bonds. The third-order valence-electron chi connectivity index (χ3n) is 6.29. The van der Waals surface area contributed by atoms with Crippen LogP contribution in [0.2, 0.25) is 0 Å². The van der Waals surface area contributed by atoms with Gasteiger partial charge in [-0.2, -0.15) is 5.10 Å².